The zero-order chi connectivity index (χ0) is 16.9. The molecule has 0 aromatic rings. The van der Waals surface area contributed by atoms with Gasteiger partial charge in [0.15, 0.2) is 0 Å². The summed E-state index contributed by atoms with van der Waals surface area (Å²) in [5.41, 5.74) is 0.672. The first-order chi connectivity index (χ1) is 10.8. The molecule has 2 N–H and O–H groups in total. The number of allylic oxidation sites excluding steroid dienone is 3. The van der Waals surface area contributed by atoms with Crippen LogP contribution in [0, 0.1) is 28.1 Å². The fourth-order valence-electron chi connectivity index (χ4n) is 6.01. The number of carbonyl (C=O) groups is 1. The third kappa shape index (κ3) is 2.31. The lowest BCUT2D eigenvalue weighted by molar-refractivity contribution is -0.173. The predicted octanol–water partition coefficient (Wildman–Crippen LogP) is 4.18. The highest BCUT2D eigenvalue weighted by Gasteiger charge is 2.60. The molecule has 0 heterocycles. The van der Waals surface area contributed by atoms with Crippen LogP contribution in [-0.2, 0) is 4.79 Å². The van der Waals surface area contributed by atoms with Crippen LogP contribution in [0.4, 0.5) is 0 Å². The first kappa shape index (κ1) is 16.8. The molecular weight excluding hydrogens is 288 g/mol. The van der Waals surface area contributed by atoms with Gasteiger partial charge in [0.2, 0.25) is 0 Å². The van der Waals surface area contributed by atoms with Gasteiger partial charge in [-0.25, -0.2) is 0 Å². The lowest BCUT2D eigenvalue weighted by Gasteiger charge is -2.59. The van der Waals surface area contributed by atoms with Crippen molar-refractivity contribution in [3.8, 4) is 0 Å². The first-order valence-electron chi connectivity index (χ1n) is 9.01. The lowest BCUT2D eigenvalue weighted by Crippen LogP contribution is -2.56. The maximum Gasteiger partial charge on any atom is 0.312 e. The summed E-state index contributed by atoms with van der Waals surface area (Å²) in [5, 5.41) is 19.8. The van der Waals surface area contributed by atoms with Crippen molar-refractivity contribution in [2.75, 3.05) is 6.61 Å². The van der Waals surface area contributed by atoms with E-state index in [1.807, 2.05) is 0 Å². The van der Waals surface area contributed by atoms with Gasteiger partial charge in [-0.3, -0.25) is 4.79 Å². The minimum atomic E-state index is -0.933. The average molecular weight is 318 g/mol. The first-order valence-corrected chi connectivity index (χ1v) is 9.01. The zero-order valence-electron chi connectivity index (χ0n) is 14.5. The molecule has 0 aromatic carbocycles. The topological polar surface area (TPSA) is 57.5 Å². The smallest absolute Gasteiger partial charge is 0.312 e. The van der Waals surface area contributed by atoms with Crippen molar-refractivity contribution in [2.24, 2.45) is 28.1 Å². The molecule has 0 saturated heterocycles. The SMILES string of the molecule is C=C[C@]1(C)C=C2CCC3[C@@](CO)(C(=O)O)CCC[C@]3(C)C2CC1. The van der Waals surface area contributed by atoms with E-state index in [0.717, 1.165) is 38.5 Å². The van der Waals surface area contributed by atoms with Crippen LogP contribution >= 0.6 is 0 Å². The Balaban J connectivity index is 2.01. The lowest BCUT2D eigenvalue weighted by atomic mass is 9.45. The summed E-state index contributed by atoms with van der Waals surface area (Å²) in [4.78, 5) is 12.0. The quantitative estimate of drug-likeness (QED) is 0.768. The van der Waals surface area contributed by atoms with Gasteiger partial charge < -0.3 is 10.2 Å². The summed E-state index contributed by atoms with van der Waals surface area (Å²) in [7, 11) is 0. The zero-order valence-corrected chi connectivity index (χ0v) is 14.5. The maximum atomic E-state index is 12.0. The summed E-state index contributed by atoms with van der Waals surface area (Å²) in [5.74, 6) is -0.239. The van der Waals surface area contributed by atoms with Crippen molar-refractivity contribution >= 4 is 5.97 Å². The Bertz CT molecular complexity index is 551. The second-order valence-corrected chi connectivity index (χ2v) is 8.59. The van der Waals surface area contributed by atoms with E-state index in [1.54, 1.807) is 0 Å². The predicted molar refractivity (Wildman–Crippen MR) is 90.9 cm³/mol. The van der Waals surface area contributed by atoms with E-state index in [1.165, 1.54) is 5.57 Å². The summed E-state index contributed by atoms with van der Waals surface area (Å²) in [6, 6.07) is 0. The van der Waals surface area contributed by atoms with Crippen molar-refractivity contribution in [1.82, 2.24) is 0 Å². The second-order valence-electron chi connectivity index (χ2n) is 8.59. The molecule has 0 aromatic heterocycles. The van der Waals surface area contributed by atoms with Crippen LogP contribution in [0.2, 0.25) is 0 Å². The third-order valence-electron chi connectivity index (χ3n) is 7.43. The normalized spacial score (nSPS) is 46.3. The minimum Gasteiger partial charge on any atom is -0.481 e. The monoisotopic (exact) mass is 318 g/mol. The largest absolute Gasteiger partial charge is 0.481 e. The standard InChI is InChI=1S/C20H30O3/c1-4-18(2)11-8-15-14(12-18)6-7-16-19(15,3)9-5-10-20(16,13-21)17(22)23/h4,12,15-16,21H,1,5-11,13H2,2-3H3,(H,22,23)/t15?,16?,18-,19+,20+/m0/s1. The molecule has 2 fully saturated rings. The maximum absolute atomic E-state index is 12.0. The van der Waals surface area contributed by atoms with E-state index >= 15 is 0 Å². The Labute approximate surface area is 139 Å². The average Bonchev–Trinajstić information content (AvgIpc) is 2.53. The molecule has 3 nitrogen and oxygen atoms in total. The molecule has 3 heteroatoms. The molecule has 3 aliphatic carbocycles. The van der Waals surface area contributed by atoms with Crippen LogP contribution in [0.1, 0.15) is 58.8 Å². The van der Waals surface area contributed by atoms with Gasteiger partial charge in [-0.2, -0.15) is 0 Å². The Hall–Kier alpha value is -1.09. The van der Waals surface area contributed by atoms with Gasteiger partial charge in [0, 0.05) is 5.41 Å². The number of rotatable bonds is 3. The van der Waals surface area contributed by atoms with Gasteiger partial charge in [-0.05, 0) is 55.8 Å². The third-order valence-corrected chi connectivity index (χ3v) is 7.43. The Morgan fingerprint density at radius 1 is 1.35 bits per heavy atom. The molecular formula is C20H30O3. The number of aliphatic hydroxyl groups is 1. The molecule has 3 rings (SSSR count). The van der Waals surface area contributed by atoms with Crippen LogP contribution < -0.4 is 0 Å². The molecule has 5 atom stereocenters. The van der Waals surface area contributed by atoms with Crippen molar-refractivity contribution in [1.29, 1.82) is 0 Å². The van der Waals surface area contributed by atoms with E-state index in [9.17, 15) is 15.0 Å². The second kappa shape index (κ2) is 5.47. The number of aliphatic hydroxyl groups excluding tert-OH is 1. The number of carboxylic acids is 1. The van der Waals surface area contributed by atoms with Gasteiger partial charge in [0.05, 0.1) is 12.0 Å². The van der Waals surface area contributed by atoms with Crippen LogP contribution in [0.5, 0.6) is 0 Å². The van der Waals surface area contributed by atoms with Crippen LogP contribution in [0.15, 0.2) is 24.3 Å². The van der Waals surface area contributed by atoms with E-state index in [-0.39, 0.29) is 23.4 Å². The van der Waals surface area contributed by atoms with Crippen molar-refractivity contribution in [2.45, 2.75) is 58.8 Å². The fourth-order valence-corrected chi connectivity index (χ4v) is 6.01. The highest BCUT2D eigenvalue weighted by atomic mass is 16.4. The molecule has 0 bridgehead atoms. The van der Waals surface area contributed by atoms with E-state index in [4.69, 9.17) is 0 Å². The summed E-state index contributed by atoms with van der Waals surface area (Å²) in [6.07, 6.45) is 11.1. The molecule has 2 saturated carbocycles. The molecule has 23 heavy (non-hydrogen) atoms. The number of fused-ring (bicyclic) bond motifs is 3. The number of hydrogen-bond acceptors (Lipinski definition) is 2. The number of carboxylic acid groups (broad SMARTS) is 1. The fraction of sp³-hybridized carbons (Fsp3) is 0.750. The van der Waals surface area contributed by atoms with Crippen molar-refractivity contribution in [3.05, 3.63) is 24.3 Å². The molecule has 2 unspecified atom stereocenters. The number of aliphatic carboxylic acids is 1. The summed E-state index contributed by atoms with van der Waals surface area (Å²) >= 11 is 0. The van der Waals surface area contributed by atoms with Crippen LogP contribution in [-0.4, -0.2) is 22.8 Å². The minimum absolute atomic E-state index is 0.00591. The molecule has 0 amide bonds. The van der Waals surface area contributed by atoms with Crippen molar-refractivity contribution in [3.63, 3.8) is 0 Å². The molecule has 0 radical (unpaired) electrons. The molecule has 128 valence electrons. The van der Waals surface area contributed by atoms with Gasteiger partial charge in [-0.1, -0.05) is 38.0 Å². The highest BCUT2D eigenvalue weighted by Crippen LogP contribution is 2.63. The van der Waals surface area contributed by atoms with Crippen LogP contribution in [0.3, 0.4) is 0 Å². The van der Waals surface area contributed by atoms with Gasteiger partial charge >= 0.3 is 5.97 Å². The Kier molecular flexibility index (Phi) is 3.99. The van der Waals surface area contributed by atoms with Crippen molar-refractivity contribution < 1.29 is 15.0 Å². The number of hydrogen-bond donors (Lipinski definition) is 2. The summed E-state index contributed by atoms with van der Waals surface area (Å²) in [6.45, 7) is 8.31. The van der Waals surface area contributed by atoms with E-state index in [0.29, 0.717) is 12.3 Å². The summed E-state index contributed by atoms with van der Waals surface area (Å²) < 4.78 is 0. The Morgan fingerprint density at radius 3 is 2.70 bits per heavy atom. The van der Waals surface area contributed by atoms with Gasteiger partial charge in [-0.15, -0.1) is 6.58 Å². The molecule has 0 aliphatic heterocycles. The van der Waals surface area contributed by atoms with Crippen LogP contribution in [0.25, 0.3) is 0 Å². The van der Waals surface area contributed by atoms with E-state index in [2.05, 4.69) is 32.6 Å². The molecule has 3 aliphatic rings. The van der Waals surface area contributed by atoms with E-state index < -0.39 is 11.4 Å². The van der Waals surface area contributed by atoms with Gasteiger partial charge in [0.25, 0.3) is 0 Å². The Morgan fingerprint density at radius 2 is 2.09 bits per heavy atom. The van der Waals surface area contributed by atoms with Gasteiger partial charge in [0.1, 0.15) is 0 Å². The highest BCUT2D eigenvalue weighted by molar-refractivity contribution is 5.75. The molecule has 0 spiro atoms.